The highest BCUT2D eigenvalue weighted by atomic mass is 32.1. The standard InChI is InChI=1S/C62H38N2S/c1-3-17-46(18-4-1)62(47-19-5-2-6-20-47)53-24-12-11-22-51(53)58-48(23-13-25-54(58)62)42-30-26-39(27-31-42)40-28-32-43(33-29-40)56-38-52-50-35-34-41-14-9-10-21-49(41)59(50)65-60(52)61-63-55-36-44-15-7-8-16-45(44)37-57(55)64(56)61/h1-38H. The van der Waals surface area contributed by atoms with Gasteiger partial charge in [0, 0.05) is 15.5 Å². The molecule has 0 amide bonds. The summed E-state index contributed by atoms with van der Waals surface area (Å²) in [4.78, 5) is 5.40. The number of imidazole rings is 1. The van der Waals surface area contributed by atoms with E-state index in [2.05, 4.69) is 235 Å². The zero-order valence-corrected chi connectivity index (χ0v) is 36.1. The van der Waals surface area contributed by atoms with Gasteiger partial charge >= 0.3 is 0 Å². The summed E-state index contributed by atoms with van der Waals surface area (Å²) in [6.45, 7) is 0. The second-order valence-electron chi connectivity index (χ2n) is 17.4. The zero-order chi connectivity index (χ0) is 42.6. The maximum absolute atomic E-state index is 5.40. The van der Waals surface area contributed by atoms with Crippen LogP contribution in [0.3, 0.4) is 0 Å². The molecule has 10 aromatic carbocycles. The van der Waals surface area contributed by atoms with E-state index in [1.165, 1.54) is 97.4 Å². The predicted molar refractivity (Wildman–Crippen MR) is 274 cm³/mol. The Morgan fingerprint density at radius 1 is 0.385 bits per heavy atom. The van der Waals surface area contributed by atoms with E-state index in [9.17, 15) is 0 Å². The maximum atomic E-state index is 5.40. The highest BCUT2D eigenvalue weighted by Crippen LogP contribution is 2.58. The average molecular weight is 843 g/mol. The molecule has 14 rings (SSSR count). The number of aromatic nitrogens is 2. The molecule has 2 nitrogen and oxygen atoms in total. The molecule has 0 spiro atoms. The van der Waals surface area contributed by atoms with Crippen LogP contribution < -0.4 is 0 Å². The number of hydrogen-bond acceptors (Lipinski definition) is 2. The summed E-state index contributed by atoms with van der Waals surface area (Å²) in [5, 5.41) is 7.49. The SMILES string of the molecule is c1ccc(C2(c3ccccc3)c3ccccc3-c3c(-c4ccc(-c5ccc(-c6cc7c8ccc9ccccc9c8sc7c7nc8cc9ccccc9cc8n67)cc5)cc4)cccc32)cc1. The van der Waals surface area contributed by atoms with E-state index < -0.39 is 5.41 Å². The molecule has 3 aromatic heterocycles. The summed E-state index contributed by atoms with van der Waals surface area (Å²) < 4.78 is 4.92. The van der Waals surface area contributed by atoms with Gasteiger partial charge in [0.2, 0.25) is 0 Å². The van der Waals surface area contributed by atoms with Gasteiger partial charge in [0.25, 0.3) is 0 Å². The van der Waals surface area contributed by atoms with Crippen LogP contribution in [-0.4, -0.2) is 9.38 Å². The van der Waals surface area contributed by atoms with Crippen molar-refractivity contribution < 1.29 is 0 Å². The van der Waals surface area contributed by atoms with Gasteiger partial charge in [-0.05, 0) is 101 Å². The molecule has 0 saturated heterocycles. The van der Waals surface area contributed by atoms with Gasteiger partial charge in [-0.2, -0.15) is 0 Å². The highest BCUT2D eigenvalue weighted by molar-refractivity contribution is 7.27. The van der Waals surface area contributed by atoms with Crippen LogP contribution in [0.25, 0.3) is 103 Å². The number of thiophene rings is 1. The van der Waals surface area contributed by atoms with E-state index in [0.717, 1.165) is 27.9 Å². The number of fused-ring (bicyclic) bond motifs is 13. The average Bonchev–Trinajstić information content (AvgIpc) is 4.05. The molecule has 0 bridgehead atoms. The Labute approximate surface area is 380 Å². The number of hydrogen-bond donors (Lipinski definition) is 0. The fourth-order valence-electron chi connectivity index (χ4n) is 11.1. The van der Waals surface area contributed by atoms with Gasteiger partial charge in [-0.3, -0.25) is 4.40 Å². The van der Waals surface area contributed by atoms with Crippen LogP contribution in [0.15, 0.2) is 231 Å². The van der Waals surface area contributed by atoms with Crippen molar-refractivity contribution in [1.29, 1.82) is 0 Å². The third-order valence-electron chi connectivity index (χ3n) is 14.1. The monoisotopic (exact) mass is 842 g/mol. The van der Waals surface area contributed by atoms with Gasteiger partial charge in [-0.25, -0.2) is 4.98 Å². The van der Waals surface area contributed by atoms with E-state index in [1.54, 1.807) is 0 Å². The maximum Gasteiger partial charge on any atom is 0.156 e. The lowest BCUT2D eigenvalue weighted by atomic mass is 9.67. The Hall–Kier alpha value is -8.11. The quantitative estimate of drug-likeness (QED) is 0.169. The Balaban J connectivity index is 0.891. The second kappa shape index (κ2) is 13.9. The largest absolute Gasteiger partial charge is 0.291 e. The third-order valence-corrected chi connectivity index (χ3v) is 15.3. The molecule has 0 atom stereocenters. The Morgan fingerprint density at radius 3 is 1.71 bits per heavy atom. The first-order chi connectivity index (χ1) is 32.2. The van der Waals surface area contributed by atoms with Crippen molar-refractivity contribution in [2.75, 3.05) is 0 Å². The molecule has 3 heteroatoms. The molecule has 3 heterocycles. The first-order valence-corrected chi connectivity index (χ1v) is 23.2. The zero-order valence-electron chi connectivity index (χ0n) is 35.2. The first kappa shape index (κ1) is 36.4. The van der Waals surface area contributed by atoms with E-state index in [1.807, 2.05) is 11.3 Å². The molecule has 1 aliphatic carbocycles. The lowest BCUT2D eigenvalue weighted by molar-refractivity contribution is 0.768. The minimum Gasteiger partial charge on any atom is -0.291 e. The summed E-state index contributed by atoms with van der Waals surface area (Å²) in [6, 6.07) is 85.1. The molecule has 65 heavy (non-hydrogen) atoms. The van der Waals surface area contributed by atoms with Crippen molar-refractivity contribution in [3.63, 3.8) is 0 Å². The fourth-order valence-corrected chi connectivity index (χ4v) is 12.4. The van der Waals surface area contributed by atoms with Crippen molar-refractivity contribution in [2.45, 2.75) is 5.41 Å². The summed E-state index contributed by atoms with van der Waals surface area (Å²) in [6.07, 6.45) is 0. The number of benzene rings is 10. The third kappa shape index (κ3) is 5.25. The topological polar surface area (TPSA) is 17.3 Å². The Morgan fingerprint density at radius 2 is 0.969 bits per heavy atom. The highest BCUT2D eigenvalue weighted by Gasteiger charge is 2.46. The van der Waals surface area contributed by atoms with Gasteiger partial charge in [-0.15, -0.1) is 11.3 Å². The van der Waals surface area contributed by atoms with Crippen molar-refractivity contribution in [1.82, 2.24) is 9.38 Å². The summed E-state index contributed by atoms with van der Waals surface area (Å²) >= 11 is 1.86. The van der Waals surface area contributed by atoms with Gasteiger partial charge in [0.1, 0.15) is 0 Å². The molecule has 0 aliphatic heterocycles. The molecule has 1 aliphatic rings. The van der Waals surface area contributed by atoms with Crippen LogP contribution in [-0.2, 0) is 5.41 Å². The van der Waals surface area contributed by atoms with Gasteiger partial charge < -0.3 is 0 Å². The number of pyridine rings is 1. The molecule has 0 N–H and O–H groups in total. The molecule has 0 saturated carbocycles. The minimum absolute atomic E-state index is 0.427. The predicted octanol–water partition coefficient (Wildman–Crippen LogP) is 16.5. The smallest absolute Gasteiger partial charge is 0.156 e. The van der Waals surface area contributed by atoms with Crippen LogP contribution in [0.5, 0.6) is 0 Å². The molecule has 302 valence electrons. The molecule has 0 unspecified atom stereocenters. The molecular weight excluding hydrogens is 805 g/mol. The second-order valence-corrected chi connectivity index (χ2v) is 18.4. The summed E-state index contributed by atoms with van der Waals surface area (Å²) in [5.41, 5.74) is 17.6. The minimum atomic E-state index is -0.427. The van der Waals surface area contributed by atoms with Crippen LogP contribution >= 0.6 is 11.3 Å². The van der Waals surface area contributed by atoms with E-state index in [0.29, 0.717) is 0 Å². The van der Waals surface area contributed by atoms with Gasteiger partial charge in [-0.1, -0.05) is 212 Å². The van der Waals surface area contributed by atoms with Crippen LogP contribution in [0.2, 0.25) is 0 Å². The fraction of sp³-hybridized carbons (Fsp3) is 0.0161. The summed E-state index contributed by atoms with van der Waals surface area (Å²) in [5.74, 6) is 0. The van der Waals surface area contributed by atoms with Crippen molar-refractivity contribution in [2.24, 2.45) is 0 Å². The summed E-state index contributed by atoms with van der Waals surface area (Å²) in [7, 11) is 0. The van der Waals surface area contributed by atoms with Crippen LogP contribution in [0.1, 0.15) is 22.3 Å². The van der Waals surface area contributed by atoms with Gasteiger partial charge in [0.15, 0.2) is 5.65 Å². The van der Waals surface area contributed by atoms with E-state index in [-0.39, 0.29) is 0 Å². The lowest BCUT2D eigenvalue weighted by Gasteiger charge is -2.34. The van der Waals surface area contributed by atoms with Crippen molar-refractivity contribution >= 4 is 69.7 Å². The molecule has 0 fully saturated rings. The van der Waals surface area contributed by atoms with Crippen molar-refractivity contribution in [3.05, 3.63) is 253 Å². The lowest BCUT2D eigenvalue weighted by Crippen LogP contribution is -2.28. The van der Waals surface area contributed by atoms with Crippen LogP contribution in [0, 0.1) is 0 Å². The van der Waals surface area contributed by atoms with Crippen molar-refractivity contribution in [3.8, 4) is 44.6 Å². The Bertz CT molecular complexity index is 3990. The van der Waals surface area contributed by atoms with Crippen LogP contribution in [0.4, 0.5) is 0 Å². The molecule has 13 aromatic rings. The number of nitrogens with zero attached hydrogens (tertiary/aromatic N) is 2. The van der Waals surface area contributed by atoms with Gasteiger partial charge in [0.05, 0.1) is 26.8 Å². The normalized spacial score (nSPS) is 13.0. The number of rotatable bonds is 5. The van der Waals surface area contributed by atoms with E-state index in [4.69, 9.17) is 4.98 Å². The molecular formula is C62H38N2S. The first-order valence-electron chi connectivity index (χ1n) is 22.4. The molecule has 0 radical (unpaired) electrons. The van der Waals surface area contributed by atoms with E-state index >= 15 is 0 Å². The Kier molecular flexibility index (Phi) is 7.80.